The van der Waals surface area contributed by atoms with E-state index in [1.165, 1.54) is 4.90 Å². The predicted octanol–water partition coefficient (Wildman–Crippen LogP) is 3.67. The smallest absolute Gasteiger partial charge is 0.261 e. The fourth-order valence-electron chi connectivity index (χ4n) is 2.28. The lowest BCUT2D eigenvalue weighted by Crippen LogP contribution is -2.33. The van der Waals surface area contributed by atoms with Crippen molar-refractivity contribution in [1.29, 1.82) is 0 Å². The second-order valence-corrected chi connectivity index (χ2v) is 5.57. The number of fused-ring (bicyclic) bond motifs is 1. The minimum Gasteiger partial charge on any atom is -0.490 e. The number of ether oxygens (including phenoxy) is 1. The van der Waals surface area contributed by atoms with E-state index in [-0.39, 0.29) is 25.0 Å². The van der Waals surface area contributed by atoms with Crippen LogP contribution in [-0.4, -0.2) is 29.9 Å². The predicted molar refractivity (Wildman–Crippen MR) is 83.8 cm³/mol. The van der Waals surface area contributed by atoms with Crippen molar-refractivity contribution in [3.63, 3.8) is 0 Å². The van der Waals surface area contributed by atoms with Gasteiger partial charge in [0.15, 0.2) is 0 Å². The highest BCUT2D eigenvalue weighted by atomic mass is 35.5. The third kappa shape index (κ3) is 2.67. The molecule has 2 aromatic carbocycles. The monoisotopic (exact) mass is 335 g/mol. The van der Waals surface area contributed by atoms with Crippen LogP contribution >= 0.6 is 23.2 Å². The highest BCUT2D eigenvalue weighted by Gasteiger charge is 2.34. The van der Waals surface area contributed by atoms with Crippen molar-refractivity contribution in [3.8, 4) is 5.75 Å². The van der Waals surface area contributed by atoms with E-state index in [0.29, 0.717) is 26.9 Å². The quantitative estimate of drug-likeness (QED) is 0.801. The van der Waals surface area contributed by atoms with Gasteiger partial charge in [0.25, 0.3) is 11.8 Å². The molecule has 0 aromatic heterocycles. The number of rotatable bonds is 4. The number of amides is 2. The van der Waals surface area contributed by atoms with E-state index in [1.54, 1.807) is 42.5 Å². The van der Waals surface area contributed by atoms with Gasteiger partial charge >= 0.3 is 0 Å². The van der Waals surface area contributed by atoms with Crippen molar-refractivity contribution in [2.45, 2.75) is 0 Å². The standard InChI is InChI=1S/C16H11Cl2NO3/c17-10-5-6-14(13(18)9-10)22-8-7-19-15(20)11-3-1-2-4-12(11)16(19)21/h1-6,9H,7-8H2. The van der Waals surface area contributed by atoms with E-state index in [0.717, 1.165) is 0 Å². The molecule has 112 valence electrons. The maximum absolute atomic E-state index is 12.2. The van der Waals surface area contributed by atoms with Crippen LogP contribution < -0.4 is 4.74 Å². The fraction of sp³-hybridized carbons (Fsp3) is 0.125. The van der Waals surface area contributed by atoms with E-state index in [1.807, 2.05) is 0 Å². The molecule has 0 spiro atoms. The summed E-state index contributed by atoms with van der Waals surface area (Å²) >= 11 is 11.8. The van der Waals surface area contributed by atoms with Crippen LogP contribution in [0, 0.1) is 0 Å². The molecule has 2 amide bonds. The maximum atomic E-state index is 12.2. The third-order valence-electron chi connectivity index (χ3n) is 3.34. The molecular formula is C16H11Cl2NO3. The van der Waals surface area contributed by atoms with Crippen molar-refractivity contribution in [3.05, 3.63) is 63.6 Å². The summed E-state index contributed by atoms with van der Waals surface area (Å²) in [5, 5.41) is 0.896. The van der Waals surface area contributed by atoms with Crippen LogP contribution in [0.25, 0.3) is 0 Å². The molecule has 1 heterocycles. The zero-order chi connectivity index (χ0) is 15.7. The zero-order valence-electron chi connectivity index (χ0n) is 11.4. The van der Waals surface area contributed by atoms with Crippen LogP contribution in [0.3, 0.4) is 0 Å². The second kappa shape index (κ2) is 5.99. The first-order valence-corrected chi connectivity index (χ1v) is 7.36. The molecule has 6 heteroatoms. The first-order chi connectivity index (χ1) is 10.6. The van der Waals surface area contributed by atoms with Gasteiger partial charge in [-0.05, 0) is 30.3 Å². The SMILES string of the molecule is O=C1c2ccccc2C(=O)N1CCOc1ccc(Cl)cc1Cl. The van der Waals surface area contributed by atoms with E-state index >= 15 is 0 Å². The lowest BCUT2D eigenvalue weighted by Gasteiger charge is -2.15. The Labute approximate surface area is 137 Å². The number of imide groups is 1. The molecule has 0 radical (unpaired) electrons. The number of carbonyl (C=O) groups excluding carboxylic acids is 2. The van der Waals surface area contributed by atoms with Crippen molar-refractivity contribution in [2.75, 3.05) is 13.2 Å². The first-order valence-electron chi connectivity index (χ1n) is 6.61. The molecule has 0 saturated carbocycles. The number of benzene rings is 2. The number of nitrogens with zero attached hydrogens (tertiary/aromatic N) is 1. The Bertz CT molecular complexity index is 726. The molecule has 2 aromatic rings. The molecule has 0 bridgehead atoms. The molecule has 0 aliphatic carbocycles. The van der Waals surface area contributed by atoms with E-state index in [4.69, 9.17) is 27.9 Å². The highest BCUT2D eigenvalue weighted by Crippen LogP contribution is 2.28. The van der Waals surface area contributed by atoms with Crippen LogP contribution in [0.15, 0.2) is 42.5 Å². The van der Waals surface area contributed by atoms with Gasteiger partial charge in [0.05, 0.1) is 22.7 Å². The van der Waals surface area contributed by atoms with Gasteiger partial charge in [-0.2, -0.15) is 0 Å². The van der Waals surface area contributed by atoms with Gasteiger partial charge in [0, 0.05) is 5.02 Å². The largest absolute Gasteiger partial charge is 0.490 e. The molecule has 0 atom stereocenters. The van der Waals surface area contributed by atoms with Crippen LogP contribution in [0.4, 0.5) is 0 Å². The minimum absolute atomic E-state index is 0.158. The average Bonchev–Trinajstić information content (AvgIpc) is 2.75. The summed E-state index contributed by atoms with van der Waals surface area (Å²) in [5.74, 6) is -0.138. The zero-order valence-corrected chi connectivity index (χ0v) is 12.9. The maximum Gasteiger partial charge on any atom is 0.261 e. The molecule has 0 N–H and O–H groups in total. The fourth-order valence-corrected chi connectivity index (χ4v) is 2.74. The van der Waals surface area contributed by atoms with Crippen molar-refractivity contribution in [1.82, 2.24) is 4.90 Å². The van der Waals surface area contributed by atoms with Crippen LogP contribution in [0.1, 0.15) is 20.7 Å². The van der Waals surface area contributed by atoms with Crippen LogP contribution in [0.5, 0.6) is 5.75 Å². The second-order valence-electron chi connectivity index (χ2n) is 4.73. The molecular weight excluding hydrogens is 325 g/mol. The van der Waals surface area contributed by atoms with Gasteiger partial charge in [0.2, 0.25) is 0 Å². The van der Waals surface area contributed by atoms with E-state index in [9.17, 15) is 9.59 Å². The topological polar surface area (TPSA) is 46.6 Å². The third-order valence-corrected chi connectivity index (χ3v) is 3.88. The summed E-state index contributed by atoms with van der Waals surface area (Å²) < 4.78 is 5.51. The summed E-state index contributed by atoms with van der Waals surface area (Å²) in [4.78, 5) is 25.5. The number of carbonyl (C=O) groups is 2. The Kier molecular flexibility index (Phi) is 4.05. The van der Waals surface area contributed by atoms with E-state index < -0.39 is 0 Å². The van der Waals surface area contributed by atoms with Crippen molar-refractivity contribution < 1.29 is 14.3 Å². The van der Waals surface area contributed by atoms with Gasteiger partial charge in [-0.1, -0.05) is 35.3 Å². The minimum atomic E-state index is -0.300. The van der Waals surface area contributed by atoms with Crippen LogP contribution in [0.2, 0.25) is 10.0 Å². The Morgan fingerprint density at radius 3 is 2.18 bits per heavy atom. The Morgan fingerprint density at radius 2 is 1.59 bits per heavy atom. The Hall–Kier alpha value is -2.04. The summed E-state index contributed by atoms with van der Waals surface area (Å²) in [6.07, 6.45) is 0. The first kappa shape index (κ1) is 14.9. The molecule has 1 aliphatic heterocycles. The summed E-state index contributed by atoms with van der Waals surface area (Å²) in [7, 11) is 0. The van der Waals surface area contributed by atoms with Gasteiger partial charge in [-0.3, -0.25) is 14.5 Å². The molecule has 0 unspecified atom stereocenters. The lowest BCUT2D eigenvalue weighted by atomic mass is 10.1. The van der Waals surface area contributed by atoms with Gasteiger partial charge in [0.1, 0.15) is 12.4 Å². The summed E-state index contributed by atoms with van der Waals surface area (Å²) in [6.45, 7) is 0.318. The van der Waals surface area contributed by atoms with Gasteiger partial charge in [-0.25, -0.2) is 0 Å². The van der Waals surface area contributed by atoms with E-state index in [2.05, 4.69) is 0 Å². The molecule has 4 nitrogen and oxygen atoms in total. The average molecular weight is 336 g/mol. The van der Waals surface area contributed by atoms with Crippen molar-refractivity contribution in [2.24, 2.45) is 0 Å². The van der Waals surface area contributed by atoms with Gasteiger partial charge in [-0.15, -0.1) is 0 Å². The Balaban J connectivity index is 1.66. The number of halogens is 2. The van der Waals surface area contributed by atoms with Crippen molar-refractivity contribution >= 4 is 35.0 Å². The number of hydrogen-bond donors (Lipinski definition) is 0. The van der Waals surface area contributed by atoms with Gasteiger partial charge < -0.3 is 4.74 Å². The highest BCUT2D eigenvalue weighted by molar-refractivity contribution is 6.35. The van der Waals surface area contributed by atoms with Crippen LogP contribution in [-0.2, 0) is 0 Å². The molecule has 22 heavy (non-hydrogen) atoms. The molecule has 0 saturated heterocycles. The molecule has 0 fully saturated rings. The summed E-state index contributed by atoms with van der Waals surface area (Å²) in [5.41, 5.74) is 0.856. The summed E-state index contributed by atoms with van der Waals surface area (Å²) in [6, 6.07) is 11.6. The molecule has 3 rings (SSSR count). The Morgan fingerprint density at radius 1 is 0.955 bits per heavy atom. The molecule has 1 aliphatic rings. The number of hydrogen-bond acceptors (Lipinski definition) is 3. The lowest BCUT2D eigenvalue weighted by molar-refractivity contribution is 0.0631. The normalized spacial score (nSPS) is 13.5.